The van der Waals surface area contributed by atoms with Crippen LogP contribution in [0.2, 0.25) is 0 Å². The highest BCUT2D eigenvalue weighted by atomic mass is 16.6. The number of benzene rings is 2. The van der Waals surface area contributed by atoms with Crippen LogP contribution in [0.4, 0.5) is 5.69 Å². The summed E-state index contributed by atoms with van der Waals surface area (Å²) in [5.41, 5.74) is 6.73. The summed E-state index contributed by atoms with van der Waals surface area (Å²) in [5, 5.41) is 16.4. The van der Waals surface area contributed by atoms with Crippen LogP contribution in [0.25, 0.3) is 10.9 Å². The quantitative estimate of drug-likeness (QED) is 0.328. The molecule has 0 aliphatic heterocycles. The summed E-state index contributed by atoms with van der Waals surface area (Å²) in [4.78, 5) is 26.9. The van der Waals surface area contributed by atoms with Crippen LogP contribution in [-0.4, -0.2) is 35.7 Å². The first kappa shape index (κ1) is 21.4. The van der Waals surface area contributed by atoms with Crippen molar-refractivity contribution in [3.8, 4) is 11.5 Å². The molecule has 2 N–H and O–H groups in total. The number of carbonyl (C=O) groups is 1. The summed E-state index contributed by atoms with van der Waals surface area (Å²) in [6.07, 6.45) is 5.71. The van der Waals surface area contributed by atoms with Gasteiger partial charge in [0.1, 0.15) is 0 Å². The van der Waals surface area contributed by atoms with Crippen LogP contribution in [-0.2, 0) is 12.8 Å². The lowest BCUT2D eigenvalue weighted by Gasteiger charge is -2.10. The van der Waals surface area contributed by atoms with E-state index in [4.69, 9.17) is 9.47 Å². The summed E-state index contributed by atoms with van der Waals surface area (Å²) in [7, 11) is 1.34. The monoisotopic (exact) mass is 436 g/mol. The van der Waals surface area contributed by atoms with Crippen molar-refractivity contribution < 1.29 is 19.2 Å². The molecule has 2 aromatic carbocycles. The SMILES string of the molecule is CCOc1cc(/C=N\NC(=O)c2ccc3[nH]c4c(c3c2)CCCC4)cc([N+](=O)[O-])c1OC. The van der Waals surface area contributed by atoms with E-state index in [-0.39, 0.29) is 23.1 Å². The van der Waals surface area contributed by atoms with Crippen LogP contribution in [0.15, 0.2) is 35.4 Å². The maximum Gasteiger partial charge on any atom is 0.315 e. The number of amides is 1. The largest absolute Gasteiger partial charge is 0.490 e. The number of rotatable bonds is 7. The Balaban J connectivity index is 1.55. The molecule has 0 bridgehead atoms. The number of nitro groups is 1. The van der Waals surface area contributed by atoms with Gasteiger partial charge in [-0.15, -0.1) is 0 Å². The fourth-order valence-corrected chi connectivity index (χ4v) is 4.06. The van der Waals surface area contributed by atoms with Crippen molar-refractivity contribution in [1.29, 1.82) is 0 Å². The molecule has 0 unspecified atom stereocenters. The van der Waals surface area contributed by atoms with Crippen molar-refractivity contribution in [2.24, 2.45) is 5.10 Å². The van der Waals surface area contributed by atoms with Gasteiger partial charge in [-0.25, -0.2) is 5.43 Å². The molecular weight excluding hydrogens is 412 g/mol. The minimum atomic E-state index is -0.552. The summed E-state index contributed by atoms with van der Waals surface area (Å²) < 4.78 is 10.6. The molecule has 3 aromatic rings. The zero-order chi connectivity index (χ0) is 22.7. The van der Waals surface area contributed by atoms with E-state index in [9.17, 15) is 14.9 Å². The second-order valence-corrected chi connectivity index (χ2v) is 7.51. The van der Waals surface area contributed by atoms with Crippen LogP contribution >= 0.6 is 0 Å². The second-order valence-electron chi connectivity index (χ2n) is 7.51. The molecule has 32 heavy (non-hydrogen) atoms. The van der Waals surface area contributed by atoms with Crippen molar-refractivity contribution in [1.82, 2.24) is 10.4 Å². The van der Waals surface area contributed by atoms with Crippen LogP contribution in [0, 0.1) is 10.1 Å². The number of ether oxygens (including phenoxy) is 2. The fourth-order valence-electron chi connectivity index (χ4n) is 4.06. The number of hydrogen-bond donors (Lipinski definition) is 2. The molecular formula is C23H24N4O5. The summed E-state index contributed by atoms with van der Waals surface area (Å²) in [5.74, 6) is -0.0808. The second kappa shape index (κ2) is 9.09. The van der Waals surface area contributed by atoms with E-state index in [0.717, 1.165) is 30.2 Å². The van der Waals surface area contributed by atoms with E-state index in [1.807, 2.05) is 12.1 Å². The lowest BCUT2D eigenvalue weighted by atomic mass is 9.95. The first-order chi connectivity index (χ1) is 15.5. The number of aromatic nitrogens is 1. The van der Waals surface area contributed by atoms with E-state index in [0.29, 0.717) is 17.7 Å². The molecule has 1 aromatic heterocycles. The van der Waals surface area contributed by atoms with E-state index in [1.54, 1.807) is 19.1 Å². The Morgan fingerprint density at radius 2 is 2.09 bits per heavy atom. The molecule has 1 aliphatic carbocycles. The van der Waals surface area contributed by atoms with Crippen LogP contribution in [0.5, 0.6) is 11.5 Å². The number of nitrogens with one attached hydrogen (secondary N) is 2. The molecule has 4 rings (SSSR count). The molecule has 9 nitrogen and oxygen atoms in total. The first-order valence-electron chi connectivity index (χ1n) is 10.5. The highest BCUT2D eigenvalue weighted by Crippen LogP contribution is 2.37. The van der Waals surface area contributed by atoms with Crippen LogP contribution < -0.4 is 14.9 Å². The predicted octanol–water partition coefficient (Wildman–Crippen LogP) is 4.13. The number of methoxy groups -OCH3 is 1. The van der Waals surface area contributed by atoms with Gasteiger partial charge in [0.05, 0.1) is 24.9 Å². The minimum absolute atomic E-state index is 0.0428. The number of hydrazone groups is 1. The van der Waals surface area contributed by atoms with E-state index in [1.165, 1.54) is 37.1 Å². The Hall–Kier alpha value is -3.88. The maximum atomic E-state index is 12.6. The average molecular weight is 436 g/mol. The van der Waals surface area contributed by atoms with Gasteiger partial charge < -0.3 is 14.5 Å². The van der Waals surface area contributed by atoms with Crippen molar-refractivity contribution in [2.75, 3.05) is 13.7 Å². The highest BCUT2D eigenvalue weighted by Gasteiger charge is 2.21. The molecule has 166 valence electrons. The smallest absolute Gasteiger partial charge is 0.315 e. The van der Waals surface area contributed by atoms with Crippen LogP contribution in [0.1, 0.15) is 46.9 Å². The topological polar surface area (TPSA) is 119 Å². The van der Waals surface area contributed by atoms with Gasteiger partial charge in [-0.3, -0.25) is 14.9 Å². The number of hydrogen-bond acceptors (Lipinski definition) is 6. The van der Waals surface area contributed by atoms with Gasteiger partial charge >= 0.3 is 5.69 Å². The maximum absolute atomic E-state index is 12.6. The molecule has 1 amide bonds. The normalized spacial score (nSPS) is 13.2. The first-order valence-corrected chi connectivity index (χ1v) is 10.5. The molecule has 0 saturated heterocycles. The van der Waals surface area contributed by atoms with E-state index >= 15 is 0 Å². The van der Waals surface area contributed by atoms with Crippen molar-refractivity contribution in [3.05, 3.63) is 62.8 Å². The van der Waals surface area contributed by atoms with E-state index in [2.05, 4.69) is 15.5 Å². The Morgan fingerprint density at radius 1 is 1.28 bits per heavy atom. The van der Waals surface area contributed by atoms with Crippen molar-refractivity contribution in [3.63, 3.8) is 0 Å². The summed E-state index contributed by atoms with van der Waals surface area (Å²) >= 11 is 0. The molecule has 9 heteroatoms. The lowest BCUT2D eigenvalue weighted by Crippen LogP contribution is -2.17. The third-order valence-electron chi connectivity index (χ3n) is 5.50. The van der Waals surface area contributed by atoms with Gasteiger partial charge in [0.15, 0.2) is 5.75 Å². The third kappa shape index (κ3) is 4.14. The zero-order valence-electron chi connectivity index (χ0n) is 17.9. The zero-order valence-corrected chi connectivity index (χ0v) is 17.9. The molecule has 1 heterocycles. The van der Waals surface area contributed by atoms with Gasteiger partial charge in [-0.1, -0.05) is 0 Å². The summed E-state index contributed by atoms with van der Waals surface area (Å²) in [6, 6.07) is 8.43. The lowest BCUT2D eigenvalue weighted by molar-refractivity contribution is -0.385. The number of nitro benzene ring substituents is 1. The van der Waals surface area contributed by atoms with Gasteiger partial charge in [0.25, 0.3) is 5.91 Å². The van der Waals surface area contributed by atoms with Gasteiger partial charge in [-0.2, -0.15) is 5.10 Å². The Morgan fingerprint density at radius 3 is 2.84 bits per heavy atom. The fraction of sp³-hybridized carbons (Fsp3) is 0.304. The number of H-pyrrole nitrogens is 1. The Labute approximate surface area is 184 Å². The van der Waals surface area contributed by atoms with E-state index < -0.39 is 4.92 Å². The average Bonchev–Trinajstić information content (AvgIpc) is 3.16. The third-order valence-corrected chi connectivity index (χ3v) is 5.50. The minimum Gasteiger partial charge on any atom is -0.490 e. The Kier molecular flexibility index (Phi) is 6.07. The molecule has 0 radical (unpaired) electrons. The standard InChI is InChI=1S/C23H24N4O5/c1-3-32-21-11-14(10-20(27(29)30)22(21)31-2)13-24-26-23(28)15-8-9-19-17(12-15)16-6-4-5-7-18(16)25-19/h8-13,25H,3-7H2,1-2H3,(H,26,28)/b24-13-. The predicted molar refractivity (Wildman–Crippen MR) is 121 cm³/mol. The molecule has 0 atom stereocenters. The number of aryl methyl sites for hydroxylation is 2. The van der Waals surface area contributed by atoms with Gasteiger partial charge in [0, 0.05) is 33.8 Å². The highest BCUT2D eigenvalue weighted by molar-refractivity contribution is 5.99. The molecule has 1 aliphatic rings. The molecule has 0 fully saturated rings. The number of nitrogens with zero attached hydrogens (tertiary/aromatic N) is 2. The molecule has 0 saturated carbocycles. The van der Waals surface area contributed by atoms with Gasteiger partial charge in [-0.05, 0) is 62.4 Å². The number of aromatic amines is 1. The number of fused-ring (bicyclic) bond motifs is 3. The van der Waals surface area contributed by atoms with Crippen molar-refractivity contribution >= 4 is 28.7 Å². The van der Waals surface area contributed by atoms with Gasteiger partial charge in [0.2, 0.25) is 5.75 Å². The summed E-state index contributed by atoms with van der Waals surface area (Å²) in [6.45, 7) is 2.08. The van der Waals surface area contributed by atoms with Crippen LogP contribution in [0.3, 0.4) is 0 Å². The molecule has 0 spiro atoms. The number of carbonyl (C=O) groups excluding carboxylic acids is 1. The Bertz CT molecular complexity index is 1210. The van der Waals surface area contributed by atoms with Crippen molar-refractivity contribution in [2.45, 2.75) is 32.6 Å².